The van der Waals surface area contributed by atoms with E-state index in [1.807, 2.05) is 32.0 Å². The number of hydrogen-bond donors (Lipinski definition) is 0. The van der Waals surface area contributed by atoms with Gasteiger partial charge in [-0.2, -0.15) is 0 Å². The Labute approximate surface area is 171 Å². The molecular weight excluding hydrogens is 392 g/mol. The first-order chi connectivity index (χ1) is 13.6. The van der Waals surface area contributed by atoms with Gasteiger partial charge in [0.05, 0.1) is 25.0 Å². The van der Waals surface area contributed by atoms with Crippen LogP contribution in [-0.2, 0) is 21.0 Å². The molecule has 0 saturated heterocycles. The van der Waals surface area contributed by atoms with Gasteiger partial charge in [-0.05, 0) is 61.7 Å². The summed E-state index contributed by atoms with van der Waals surface area (Å²) in [4.78, 5) is 12.0. The third-order valence-electron chi connectivity index (χ3n) is 4.70. The largest absolute Gasteiger partial charge is 0.494 e. The van der Waals surface area contributed by atoms with Crippen molar-refractivity contribution < 1.29 is 27.4 Å². The van der Waals surface area contributed by atoms with E-state index < -0.39 is 21.4 Å². The lowest BCUT2D eigenvalue weighted by molar-refractivity contribution is 0.0600. The Morgan fingerprint density at radius 2 is 1.90 bits per heavy atom. The van der Waals surface area contributed by atoms with Gasteiger partial charge in [-0.25, -0.2) is 13.2 Å². The highest BCUT2D eigenvalue weighted by atomic mass is 32.2. The van der Waals surface area contributed by atoms with Gasteiger partial charge in [0.25, 0.3) is 0 Å². The molecule has 0 unspecified atom stereocenters. The lowest BCUT2D eigenvalue weighted by Gasteiger charge is -2.25. The molecule has 1 aliphatic rings. The third kappa shape index (κ3) is 5.29. The molecule has 0 amide bonds. The molecule has 0 N–H and O–H groups in total. The summed E-state index contributed by atoms with van der Waals surface area (Å²) in [7, 11) is -1.64. The molecule has 2 aromatic rings. The summed E-state index contributed by atoms with van der Waals surface area (Å²) in [6, 6.07) is 11.0. The van der Waals surface area contributed by atoms with Gasteiger partial charge in [0.1, 0.15) is 26.9 Å². The second-order valence-electron chi connectivity index (χ2n) is 7.89. The Balaban J connectivity index is 1.92. The van der Waals surface area contributed by atoms with Crippen LogP contribution in [0.3, 0.4) is 0 Å². The Bertz CT molecular complexity index is 1020. The molecule has 0 saturated carbocycles. The lowest BCUT2D eigenvalue weighted by Crippen LogP contribution is -2.30. The van der Waals surface area contributed by atoms with Gasteiger partial charge < -0.3 is 14.2 Å². The monoisotopic (exact) mass is 418 g/mol. The summed E-state index contributed by atoms with van der Waals surface area (Å²) in [5, 5.41) is 0. The number of methoxy groups -OCH3 is 1. The van der Waals surface area contributed by atoms with E-state index in [4.69, 9.17) is 14.2 Å². The van der Waals surface area contributed by atoms with Crippen molar-refractivity contribution in [3.05, 3.63) is 47.5 Å². The summed E-state index contributed by atoms with van der Waals surface area (Å²) in [5.74, 6) is 1.09. The number of benzene rings is 2. The standard InChI is InChI=1S/C22H26O6S/c1-22(2)14-16-12-17(27-10-5-11-29(4,24)25)7-8-18(16)19-13-15(21(23)26-3)6-9-20(19)28-22/h6-9,12-13H,5,10-11,14H2,1-4H3. The molecule has 0 spiro atoms. The van der Waals surface area contributed by atoms with Crippen molar-refractivity contribution in [2.45, 2.75) is 32.3 Å². The number of esters is 1. The molecule has 29 heavy (non-hydrogen) atoms. The Kier molecular flexibility index (Phi) is 5.89. The number of carbonyl (C=O) groups excluding carboxylic acids is 1. The van der Waals surface area contributed by atoms with E-state index in [9.17, 15) is 13.2 Å². The highest BCUT2D eigenvalue weighted by Gasteiger charge is 2.29. The minimum absolute atomic E-state index is 0.0997. The molecule has 1 heterocycles. The molecule has 3 rings (SSSR count). The third-order valence-corrected chi connectivity index (χ3v) is 5.73. The quantitative estimate of drug-likeness (QED) is 0.526. The molecule has 0 radical (unpaired) electrons. The van der Waals surface area contributed by atoms with Gasteiger partial charge >= 0.3 is 5.97 Å². The summed E-state index contributed by atoms with van der Waals surface area (Å²) >= 11 is 0. The van der Waals surface area contributed by atoms with Crippen LogP contribution in [0.4, 0.5) is 0 Å². The first-order valence-corrected chi connectivity index (χ1v) is 11.5. The number of carbonyl (C=O) groups is 1. The number of rotatable bonds is 6. The zero-order chi connectivity index (χ0) is 21.2. The van der Waals surface area contributed by atoms with E-state index in [0.29, 0.717) is 36.5 Å². The maximum atomic E-state index is 12.0. The predicted octanol–water partition coefficient (Wildman–Crippen LogP) is 3.67. The van der Waals surface area contributed by atoms with Crippen LogP contribution in [0.1, 0.15) is 36.2 Å². The lowest BCUT2D eigenvalue weighted by atomic mass is 9.92. The maximum Gasteiger partial charge on any atom is 0.337 e. The molecule has 156 valence electrons. The molecule has 1 aliphatic heterocycles. The van der Waals surface area contributed by atoms with Crippen LogP contribution in [0.5, 0.6) is 11.5 Å². The van der Waals surface area contributed by atoms with E-state index in [1.54, 1.807) is 18.2 Å². The molecular formula is C22H26O6S. The van der Waals surface area contributed by atoms with Crippen molar-refractivity contribution in [1.82, 2.24) is 0 Å². The van der Waals surface area contributed by atoms with Gasteiger partial charge in [-0.3, -0.25) is 0 Å². The normalized spacial score (nSPS) is 14.8. The average Bonchev–Trinajstić information content (AvgIpc) is 2.75. The molecule has 0 aliphatic carbocycles. The minimum Gasteiger partial charge on any atom is -0.494 e. The van der Waals surface area contributed by atoms with E-state index >= 15 is 0 Å². The number of ether oxygens (including phenoxy) is 3. The average molecular weight is 419 g/mol. The summed E-state index contributed by atoms with van der Waals surface area (Å²) < 4.78 is 39.3. The Hall–Kier alpha value is -2.54. The number of sulfone groups is 1. The van der Waals surface area contributed by atoms with Crippen LogP contribution in [0.2, 0.25) is 0 Å². The molecule has 7 heteroatoms. The van der Waals surface area contributed by atoms with Crippen LogP contribution in [0, 0.1) is 0 Å². The minimum atomic E-state index is -2.99. The zero-order valence-electron chi connectivity index (χ0n) is 17.2. The smallest absolute Gasteiger partial charge is 0.337 e. The second-order valence-corrected chi connectivity index (χ2v) is 10.2. The van der Waals surface area contributed by atoms with E-state index in [-0.39, 0.29) is 5.75 Å². The van der Waals surface area contributed by atoms with Gasteiger partial charge in [0.2, 0.25) is 0 Å². The molecule has 0 aromatic heterocycles. The molecule has 0 atom stereocenters. The van der Waals surface area contributed by atoms with Crippen molar-refractivity contribution in [2.24, 2.45) is 0 Å². The Morgan fingerprint density at radius 3 is 2.59 bits per heavy atom. The van der Waals surface area contributed by atoms with Crippen molar-refractivity contribution in [1.29, 1.82) is 0 Å². The summed E-state index contributed by atoms with van der Waals surface area (Å²) in [5.41, 5.74) is 2.86. The highest BCUT2D eigenvalue weighted by molar-refractivity contribution is 7.90. The fourth-order valence-electron chi connectivity index (χ4n) is 3.45. The number of hydrogen-bond acceptors (Lipinski definition) is 6. The second kappa shape index (κ2) is 8.06. The first kappa shape index (κ1) is 21.2. The summed E-state index contributed by atoms with van der Waals surface area (Å²) in [6.45, 7) is 4.36. The SMILES string of the molecule is COC(=O)c1ccc2c(c1)-c1ccc(OCCCS(C)(=O)=O)cc1CC(C)(C)O2. The zero-order valence-corrected chi connectivity index (χ0v) is 18.0. The highest BCUT2D eigenvalue weighted by Crippen LogP contribution is 2.41. The van der Waals surface area contributed by atoms with Gasteiger partial charge in [-0.15, -0.1) is 0 Å². The van der Waals surface area contributed by atoms with Crippen LogP contribution in [0.25, 0.3) is 11.1 Å². The van der Waals surface area contributed by atoms with Crippen LogP contribution in [-0.4, -0.2) is 45.7 Å². The Morgan fingerprint density at radius 1 is 1.14 bits per heavy atom. The van der Waals surface area contributed by atoms with Gasteiger partial charge in [0.15, 0.2) is 0 Å². The molecule has 6 nitrogen and oxygen atoms in total. The first-order valence-electron chi connectivity index (χ1n) is 9.43. The van der Waals surface area contributed by atoms with Crippen LogP contribution in [0.15, 0.2) is 36.4 Å². The van der Waals surface area contributed by atoms with Crippen molar-refractivity contribution >= 4 is 15.8 Å². The molecule has 0 bridgehead atoms. The fraction of sp³-hybridized carbons (Fsp3) is 0.409. The summed E-state index contributed by atoms with van der Waals surface area (Å²) in [6.07, 6.45) is 2.32. The molecule has 2 aromatic carbocycles. The van der Waals surface area contributed by atoms with Crippen molar-refractivity contribution in [3.8, 4) is 22.6 Å². The van der Waals surface area contributed by atoms with E-state index in [1.165, 1.54) is 13.4 Å². The van der Waals surface area contributed by atoms with E-state index in [2.05, 4.69) is 0 Å². The van der Waals surface area contributed by atoms with E-state index in [0.717, 1.165) is 16.7 Å². The predicted molar refractivity (Wildman–Crippen MR) is 111 cm³/mol. The van der Waals surface area contributed by atoms with Crippen molar-refractivity contribution in [2.75, 3.05) is 25.7 Å². The topological polar surface area (TPSA) is 78.9 Å². The fourth-order valence-corrected chi connectivity index (χ4v) is 4.09. The van der Waals surface area contributed by atoms with Crippen LogP contribution < -0.4 is 9.47 Å². The molecule has 0 fully saturated rings. The van der Waals surface area contributed by atoms with Gasteiger partial charge in [-0.1, -0.05) is 6.07 Å². The maximum absolute atomic E-state index is 12.0. The van der Waals surface area contributed by atoms with Crippen molar-refractivity contribution in [3.63, 3.8) is 0 Å². The van der Waals surface area contributed by atoms with Crippen LogP contribution >= 0.6 is 0 Å². The van der Waals surface area contributed by atoms with Gasteiger partial charge in [0, 0.05) is 18.2 Å². The number of fused-ring (bicyclic) bond motifs is 3.